The Morgan fingerprint density at radius 2 is 2.08 bits per heavy atom. The molecule has 0 radical (unpaired) electrons. The Kier molecular flexibility index (Phi) is 4.57. The monoisotopic (exact) mass is 381 g/mol. The van der Waals surface area contributed by atoms with E-state index in [4.69, 9.17) is 9.47 Å². The fourth-order valence-corrected chi connectivity index (χ4v) is 4.79. The lowest BCUT2D eigenvalue weighted by atomic mass is 10.0. The number of carbonyl (C=O) groups excluding carboxylic acids is 1. The van der Waals surface area contributed by atoms with Gasteiger partial charge < -0.3 is 14.4 Å². The molecule has 0 bridgehead atoms. The van der Waals surface area contributed by atoms with Crippen molar-refractivity contribution >= 4 is 34.0 Å². The van der Waals surface area contributed by atoms with Gasteiger partial charge in [0, 0.05) is 37.5 Å². The van der Waals surface area contributed by atoms with Crippen molar-refractivity contribution in [3.05, 3.63) is 27.5 Å². The molecule has 4 heterocycles. The molecule has 0 atom stereocenters. The van der Waals surface area contributed by atoms with Gasteiger partial charge in [0.15, 0.2) is 10.7 Å². The summed E-state index contributed by atoms with van der Waals surface area (Å²) in [5, 5.41) is 2.33. The molecule has 0 N–H and O–H groups in total. The zero-order chi connectivity index (χ0) is 17.4. The lowest BCUT2D eigenvalue weighted by Crippen LogP contribution is -2.48. The van der Waals surface area contributed by atoms with Gasteiger partial charge in [0.25, 0.3) is 11.5 Å². The number of ether oxygens (including phenoxy) is 2. The summed E-state index contributed by atoms with van der Waals surface area (Å²) in [5.74, 6) is -0.0385. The molecule has 1 amide bonds. The summed E-state index contributed by atoms with van der Waals surface area (Å²) < 4.78 is 12.9. The molecule has 2 fully saturated rings. The van der Waals surface area contributed by atoms with E-state index in [0.717, 1.165) is 5.75 Å². The van der Waals surface area contributed by atoms with Crippen LogP contribution in [0, 0.1) is 0 Å². The number of hydrogen-bond donors (Lipinski definition) is 0. The van der Waals surface area contributed by atoms with Gasteiger partial charge in [0.05, 0.1) is 13.2 Å². The van der Waals surface area contributed by atoms with E-state index < -0.39 is 5.79 Å². The van der Waals surface area contributed by atoms with E-state index in [2.05, 4.69) is 4.98 Å². The summed E-state index contributed by atoms with van der Waals surface area (Å²) in [6.07, 6.45) is 2.92. The van der Waals surface area contributed by atoms with Crippen LogP contribution in [0.5, 0.6) is 0 Å². The summed E-state index contributed by atoms with van der Waals surface area (Å²) in [4.78, 5) is 32.8. The molecular formula is C16H19N3O4S2. The van der Waals surface area contributed by atoms with Crippen molar-refractivity contribution in [3.8, 4) is 0 Å². The second-order valence-electron chi connectivity index (χ2n) is 5.99. The molecule has 4 rings (SSSR count). The number of carbonyl (C=O) groups is 1. The van der Waals surface area contributed by atoms with Crippen molar-refractivity contribution in [2.75, 3.05) is 32.1 Å². The summed E-state index contributed by atoms with van der Waals surface area (Å²) >= 11 is 2.82. The lowest BCUT2D eigenvalue weighted by Gasteiger charge is -2.37. The van der Waals surface area contributed by atoms with Crippen LogP contribution in [0.4, 0.5) is 0 Å². The van der Waals surface area contributed by atoms with E-state index in [1.807, 2.05) is 6.92 Å². The van der Waals surface area contributed by atoms with Gasteiger partial charge in [-0.15, -0.1) is 23.1 Å². The van der Waals surface area contributed by atoms with E-state index in [-0.39, 0.29) is 17.0 Å². The maximum Gasteiger partial charge on any atom is 0.272 e. The third-order valence-corrected chi connectivity index (χ3v) is 6.17. The summed E-state index contributed by atoms with van der Waals surface area (Å²) in [6, 6.07) is 0. The molecule has 2 saturated heterocycles. The third-order valence-electron chi connectivity index (χ3n) is 4.55. The van der Waals surface area contributed by atoms with E-state index in [1.165, 1.54) is 27.5 Å². The number of amides is 1. The van der Waals surface area contributed by atoms with Crippen molar-refractivity contribution < 1.29 is 14.3 Å². The Morgan fingerprint density at radius 3 is 2.76 bits per heavy atom. The number of aromatic nitrogens is 2. The van der Waals surface area contributed by atoms with Crippen LogP contribution in [-0.2, 0) is 9.47 Å². The molecule has 2 aliphatic heterocycles. The zero-order valence-electron chi connectivity index (χ0n) is 13.9. The highest BCUT2D eigenvalue weighted by Crippen LogP contribution is 2.32. The molecule has 0 aromatic carbocycles. The number of nitrogens with zero attached hydrogens (tertiary/aromatic N) is 3. The number of thiazole rings is 1. The minimum atomic E-state index is -0.539. The van der Waals surface area contributed by atoms with Crippen molar-refractivity contribution in [2.45, 2.75) is 30.6 Å². The fraction of sp³-hybridized carbons (Fsp3) is 0.562. The van der Waals surface area contributed by atoms with E-state index in [0.29, 0.717) is 49.1 Å². The summed E-state index contributed by atoms with van der Waals surface area (Å²) in [7, 11) is 0. The predicted molar refractivity (Wildman–Crippen MR) is 95.5 cm³/mol. The molecule has 2 aromatic rings. The molecule has 2 aromatic heterocycles. The first kappa shape index (κ1) is 17.0. The minimum absolute atomic E-state index is 0.173. The van der Waals surface area contributed by atoms with Crippen LogP contribution >= 0.6 is 23.1 Å². The average Bonchev–Trinajstić information content (AvgIpc) is 3.26. The molecule has 9 heteroatoms. The molecule has 2 aliphatic rings. The number of likely N-dealkylation sites (tertiary alicyclic amines) is 1. The van der Waals surface area contributed by atoms with Gasteiger partial charge in [-0.3, -0.25) is 14.0 Å². The molecule has 1 spiro atoms. The van der Waals surface area contributed by atoms with Gasteiger partial charge in [-0.05, 0) is 5.75 Å². The number of thioether (sulfide) groups is 1. The van der Waals surface area contributed by atoms with E-state index >= 15 is 0 Å². The van der Waals surface area contributed by atoms with Crippen LogP contribution in [-0.4, -0.2) is 58.0 Å². The van der Waals surface area contributed by atoms with Crippen LogP contribution in [0.3, 0.4) is 0 Å². The topological polar surface area (TPSA) is 73.1 Å². The average molecular weight is 381 g/mol. The standard InChI is InChI=1S/C16H19N3O4S2/c1-2-24-12-11(14(21)19-7-10-25-15(19)17-12)13(20)18-5-3-16(4-6-18)22-8-9-23-16/h7,10H,2-6,8-9H2,1H3. The van der Waals surface area contributed by atoms with Gasteiger partial charge in [0.1, 0.15) is 10.6 Å². The van der Waals surface area contributed by atoms with Crippen molar-refractivity contribution in [2.24, 2.45) is 0 Å². The van der Waals surface area contributed by atoms with Gasteiger partial charge in [-0.2, -0.15) is 0 Å². The maximum absolute atomic E-state index is 13.1. The van der Waals surface area contributed by atoms with Gasteiger partial charge in [-0.1, -0.05) is 6.92 Å². The molecule has 134 valence electrons. The Hall–Kier alpha value is -1.42. The molecular weight excluding hydrogens is 362 g/mol. The second kappa shape index (κ2) is 6.71. The maximum atomic E-state index is 13.1. The lowest BCUT2D eigenvalue weighted by molar-refractivity contribution is -0.181. The largest absolute Gasteiger partial charge is 0.347 e. The number of fused-ring (bicyclic) bond motifs is 1. The quantitative estimate of drug-likeness (QED) is 0.597. The third kappa shape index (κ3) is 2.99. The zero-order valence-corrected chi connectivity index (χ0v) is 15.5. The number of piperidine rings is 1. The number of hydrogen-bond acceptors (Lipinski definition) is 7. The molecule has 0 saturated carbocycles. The van der Waals surface area contributed by atoms with Crippen molar-refractivity contribution in [3.63, 3.8) is 0 Å². The van der Waals surface area contributed by atoms with Crippen molar-refractivity contribution in [1.29, 1.82) is 0 Å². The van der Waals surface area contributed by atoms with Crippen LogP contribution in [0.2, 0.25) is 0 Å². The Bertz CT molecular complexity index is 847. The first-order chi connectivity index (χ1) is 12.1. The molecule has 7 nitrogen and oxygen atoms in total. The van der Waals surface area contributed by atoms with Crippen LogP contribution < -0.4 is 5.56 Å². The SMILES string of the molecule is CCSc1nc2sccn2c(=O)c1C(=O)N1CCC2(CC1)OCCO2. The van der Waals surface area contributed by atoms with Crippen LogP contribution in [0.15, 0.2) is 21.4 Å². The summed E-state index contributed by atoms with van der Waals surface area (Å²) in [6.45, 7) is 4.22. The Labute approximate surface area is 152 Å². The molecule has 0 unspecified atom stereocenters. The van der Waals surface area contributed by atoms with Gasteiger partial charge >= 0.3 is 0 Å². The molecule has 0 aliphatic carbocycles. The normalized spacial score (nSPS) is 19.8. The highest BCUT2D eigenvalue weighted by atomic mass is 32.2. The van der Waals surface area contributed by atoms with Gasteiger partial charge in [0.2, 0.25) is 0 Å². The first-order valence-corrected chi connectivity index (χ1v) is 10.2. The highest BCUT2D eigenvalue weighted by Gasteiger charge is 2.41. The fourth-order valence-electron chi connectivity index (χ4n) is 3.28. The highest BCUT2D eigenvalue weighted by molar-refractivity contribution is 7.99. The van der Waals surface area contributed by atoms with Gasteiger partial charge in [-0.25, -0.2) is 4.98 Å². The predicted octanol–water partition coefficient (Wildman–Crippen LogP) is 1.85. The smallest absolute Gasteiger partial charge is 0.272 e. The second-order valence-corrected chi connectivity index (χ2v) is 8.11. The first-order valence-electron chi connectivity index (χ1n) is 8.33. The Morgan fingerprint density at radius 1 is 1.36 bits per heavy atom. The Balaban J connectivity index is 1.64. The van der Waals surface area contributed by atoms with E-state index in [1.54, 1.807) is 16.5 Å². The number of rotatable bonds is 3. The van der Waals surface area contributed by atoms with E-state index in [9.17, 15) is 9.59 Å². The molecule has 25 heavy (non-hydrogen) atoms. The van der Waals surface area contributed by atoms with Crippen LogP contribution in [0.1, 0.15) is 30.1 Å². The van der Waals surface area contributed by atoms with Crippen molar-refractivity contribution in [1.82, 2.24) is 14.3 Å². The summed E-state index contributed by atoms with van der Waals surface area (Å²) in [5.41, 5.74) is -0.118. The minimum Gasteiger partial charge on any atom is -0.347 e. The van der Waals surface area contributed by atoms with Crippen LogP contribution in [0.25, 0.3) is 4.96 Å².